The Morgan fingerprint density at radius 1 is 1.12 bits per heavy atom. The number of halogens is 7. The van der Waals surface area contributed by atoms with Crippen LogP contribution in [-0.2, 0) is 9.53 Å². The second-order valence-electron chi connectivity index (χ2n) is 3.14. The van der Waals surface area contributed by atoms with Gasteiger partial charge in [0.25, 0.3) is 0 Å². The molecule has 0 rings (SSSR count). The van der Waals surface area contributed by atoms with Gasteiger partial charge in [0, 0.05) is 0 Å². The molecule has 0 saturated carbocycles. The molecule has 0 aromatic heterocycles. The lowest BCUT2D eigenvalue weighted by atomic mass is 10.1. The summed E-state index contributed by atoms with van der Waals surface area (Å²) in [5.74, 6) is -2.40. The minimum Gasteiger partial charge on any atom is -0.464 e. The fraction of sp³-hybridized carbons (Fsp3) is 0.875. The van der Waals surface area contributed by atoms with Crippen LogP contribution in [0.4, 0.5) is 26.3 Å². The molecule has 9 heteroatoms. The standard InChI is InChI=1S/C8H9BrF6O2/c1-2-3-4-17-5(16)6(9,7(10,11)12)8(13,14)15/h2-4H2,1H3. The highest BCUT2D eigenvalue weighted by Crippen LogP contribution is 2.50. The molecule has 102 valence electrons. The van der Waals surface area contributed by atoms with Crippen molar-refractivity contribution in [3.63, 3.8) is 0 Å². The third kappa shape index (κ3) is 3.49. The van der Waals surface area contributed by atoms with Crippen LogP contribution in [0.15, 0.2) is 0 Å². The summed E-state index contributed by atoms with van der Waals surface area (Å²) in [6, 6.07) is 0. The number of carbonyl (C=O) groups excluding carboxylic acids is 1. The highest BCUT2D eigenvalue weighted by molar-refractivity contribution is 9.10. The van der Waals surface area contributed by atoms with E-state index in [1.807, 2.05) is 0 Å². The Bertz CT molecular complexity index is 258. The Hall–Kier alpha value is -0.470. The molecule has 0 aliphatic carbocycles. The van der Waals surface area contributed by atoms with Crippen molar-refractivity contribution in [3.8, 4) is 0 Å². The van der Waals surface area contributed by atoms with Crippen molar-refractivity contribution >= 4 is 21.9 Å². The molecule has 0 heterocycles. The van der Waals surface area contributed by atoms with Gasteiger partial charge in [-0.05, 0) is 6.42 Å². The van der Waals surface area contributed by atoms with Gasteiger partial charge in [-0.3, -0.25) is 0 Å². The van der Waals surface area contributed by atoms with E-state index in [2.05, 4.69) is 4.74 Å². The van der Waals surface area contributed by atoms with Crippen molar-refractivity contribution in [2.24, 2.45) is 0 Å². The molecule has 0 radical (unpaired) electrons. The summed E-state index contributed by atoms with van der Waals surface area (Å²) in [4.78, 5) is 10.9. The van der Waals surface area contributed by atoms with Gasteiger partial charge in [-0.1, -0.05) is 29.3 Å². The average Bonchev–Trinajstić information content (AvgIpc) is 2.13. The fourth-order valence-electron chi connectivity index (χ4n) is 0.801. The number of esters is 1. The van der Waals surface area contributed by atoms with Crippen LogP contribution in [0.1, 0.15) is 19.8 Å². The van der Waals surface area contributed by atoms with Gasteiger partial charge in [-0.25, -0.2) is 4.79 Å². The van der Waals surface area contributed by atoms with E-state index in [1.54, 1.807) is 6.92 Å². The lowest BCUT2D eigenvalue weighted by Crippen LogP contribution is -2.58. The fourth-order valence-corrected chi connectivity index (χ4v) is 0.915. The van der Waals surface area contributed by atoms with Gasteiger partial charge in [-0.2, -0.15) is 26.3 Å². The molecule has 0 aliphatic rings. The molecule has 0 bridgehead atoms. The third-order valence-corrected chi connectivity index (χ3v) is 3.02. The smallest absolute Gasteiger partial charge is 0.423 e. The van der Waals surface area contributed by atoms with Crippen molar-refractivity contribution in [2.75, 3.05) is 6.61 Å². The van der Waals surface area contributed by atoms with Crippen LogP contribution < -0.4 is 0 Å². The Balaban J connectivity index is 5.03. The first-order valence-corrected chi connectivity index (χ1v) is 5.27. The van der Waals surface area contributed by atoms with Gasteiger partial charge in [0.05, 0.1) is 6.61 Å². The maximum absolute atomic E-state index is 12.3. The zero-order chi connectivity index (χ0) is 13.9. The molecule has 0 atom stereocenters. The van der Waals surface area contributed by atoms with Crippen LogP contribution >= 0.6 is 15.9 Å². The molecule has 0 unspecified atom stereocenters. The first kappa shape index (κ1) is 16.5. The maximum Gasteiger partial charge on any atom is 0.423 e. The van der Waals surface area contributed by atoms with E-state index in [0.717, 1.165) is 0 Å². The first-order valence-electron chi connectivity index (χ1n) is 4.48. The summed E-state index contributed by atoms with van der Waals surface area (Å²) in [5, 5.41) is 0. The van der Waals surface area contributed by atoms with E-state index in [4.69, 9.17) is 0 Å². The van der Waals surface area contributed by atoms with E-state index in [1.165, 1.54) is 15.9 Å². The van der Waals surface area contributed by atoms with Gasteiger partial charge in [0.1, 0.15) is 0 Å². The van der Waals surface area contributed by atoms with Crippen LogP contribution in [0.25, 0.3) is 0 Å². The van der Waals surface area contributed by atoms with Crippen molar-refractivity contribution in [3.05, 3.63) is 0 Å². The number of hydrogen-bond donors (Lipinski definition) is 0. The normalized spacial score (nSPS) is 13.6. The van der Waals surface area contributed by atoms with Crippen LogP contribution in [0.5, 0.6) is 0 Å². The van der Waals surface area contributed by atoms with Gasteiger partial charge in [0.2, 0.25) is 0 Å². The van der Waals surface area contributed by atoms with E-state index in [0.29, 0.717) is 6.42 Å². The predicted molar refractivity (Wildman–Crippen MR) is 49.6 cm³/mol. The quantitative estimate of drug-likeness (QED) is 0.341. The largest absolute Gasteiger partial charge is 0.464 e. The second kappa shape index (κ2) is 5.45. The number of carbonyl (C=O) groups is 1. The molecule has 0 amide bonds. The minimum absolute atomic E-state index is 0.185. The van der Waals surface area contributed by atoms with Crippen LogP contribution in [-0.4, -0.2) is 29.3 Å². The Morgan fingerprint density at radius 2 is 1.53 bits per heavy atom. The maximum atomic E-state index is 12.3. The first-order chi connectivity index (χ1) is 7.48. The van der Waals surface area contributed by atoms with E-state index in [-0.39, 0.29) is 6.42 Å². The summed E-state index contributed by atoms with van der Waals surface area (Å²) in [6.45, 7) is 1.15. The molecule has 0 fully saturated rings. The van der Waals surface area contributed by atoms with Crippen molar-refractivity contribution < 1.29 is 35.9 Å². The monoisotopic (exact) mass is 330 g/mol. The number of rotatable bonds is 4. The van der Waals surface area contributed by atoms with E-state index < -0.39 is 29.3 Å². The van der Waals surface area contributed by atoms with Crippen molar-refractivity contribution in [1.82, 2.24) is 0 Å². The molecule has 17 heavy (non-hydrogen) atoms. The number of alkyl halides is 7. The van der Waals surface area contributed by atoms with Crippen molar-refractivity contribution in [1.29, 1.82) is 0 Å². The number of unbranched alkanes of at least 4 members (excludes halogenated alkanes) is 1. The Morgan fingerprint density at radius 3 is 1.82 bits per heavy atom. The summed E-state index contributed by atoms with van der Waals surface area (Å²) >= 11 is 1.42. The van der Waals surface area contributed by atoms with Gasteiger partial charge >= 0.3 is 22.6 Å². The van der Waals surface area contributed by atoms with Crippen LogP contribution in [0.2, 0.25) is 0 Å². The summed E-state index contributed by atoms with van der Waals surface area (Å²) < 4.78 is 73.1. The number of hydrogen-bond acceptors (Lipinski definition) is 2. The lowest BCUT2D eigenvalue weighted by molar-refractivity contribution is -0.262. The molecule has 0 spiro atoms. The predicted octanol–water partition coefficient (Wildman–Crippen LogP) is 3.59. The highest BCUT2D eigenvalue weighted by Gasteiger charge is 2.75. The zero-order valence-corrected chi connectivity index (χ0v) is 10.2. The molecule has 0 aromatic carbocycles. The molecular formula is C8H9BrF6O2. The number of ether oxygens (including phenoxy) is 1. The lowest BCUT2D eigenvalue weighted by Gasteiger charge is -2.29. The summed E-state index contributed by atoms with van der Waals surface area (Å²) in [6.07, 6.45) is -11.0. The SMILES string of the molecule is CCCCOC(=O)C(Br)(C(F)(F)F)C(F)(F)F. The van der Waals surface area contributed by atoms with Crippen molar-refractivity contribution in [2.45, 2.75) is 36.4 Å². The summed E-state index contributed by atoms with van der Waals surface area (Å²) in [5.41, 5.74) is 0. The average molecular weight is 331 g/mol. The Kier molecular flexibility index (Phi) is 5.30. The summed E-state index contributed by atoms with van der Waals surface area (Å²) in [7, 11) is 0. The molecule has 0 saturated heterocycles. The Labute approximate surface area is 101 Å². The molecular weight excluding hydrogens is 322 g/mol. The van der Waals surface area contributed by atoms with Crippen LogP contribution in [0.3, 0.4) is 0 Å². The topological polar surface area (TPSA) is 26.3 Å². The molecule has 0 N–H and O–H groups in total. The van der Waals surface area contributed by atoms with Gasteiger partial charge < -0.3 is 4.74 Å². The molecule has 0 aromatic rings. The minimum atomic E-state index is -5.82. The zero-order valence-electron chi connectivity index (χ0n) is 8.58. The highest BCUT2D eigenvalue weighted by atomic mass is 79.9. The van der Waals surface area contributed by atoms with Crippen LogP contribution in [0, 0.1) is 0 Å². The van der Waals surface area contributed by atoms with E-state index in [9.17, 15) is 31.1 Å². The van der Waals surface area contributed by atoms with Gasteiger partial charge in [0.15, 0.2) is 0 Å². The van der Waals surface area contributed by atoms with E-state index >= 15 is 0 Å². The molecule has 0 aliphatic heterocycles. The molecule has 2 nitrogen and oxygen atoms in total. The third-order valence-electron chi connectivity index (χ3n) is 1.79. The second-order valence-corrected chi connectivity index (χ2v) is 4.33. The van der Waals surface area contributed by atoms with Gasteiger partial charge in [-0.15, -0.1) is 0 Å².